The van der Waals surface area contributed by atoms with Crippen molar-refractivity contribution in [3.8, 4) is 5.75 Å². The van der Waals surface area contributed by atoms with Gasteiger partial charge in [-0.2, -0.15) is 0 Å². The molecule has 1 rings (SSSR count). The third kappa shape index (κ3) is 8.77. The number of carbonyl (C=O) groups excluding carboxylic acids is 3. The first-order valence-corrected chi connectivity index (χ1v) is 11.3. The molecule has 0 aliphatic heterocycles. The Morgan fingerprint density at radius 1 is 1.03 bits per heavy atom. The van der Waals surface area contributed by atoms with E-state index in [9.17, 15) is 19.5 Å². The number of alkyl carbamates (subject to hydrolysis) is 1. The first-order valence-electron chi connectivity index (χ1n) is 11.3. The van der Waals surface area contributed by atoms with Gasteiger partial charge in [0.15, 0.2) is 0 Å². The summed E-state index contributed by atoms with van der Waals surface area (Å²) >= 11 is 0. The lowest BCUT2D eigenvalue weighted by Crippen LogP contribution is -2.52. The molecule has 0 aliphatic carbocycles. The summed E-state index contributed by atoms with van der Waals surface area (Å²) in [5, 5.41) is 15.2. The van der Waals surface area contributed by atoms with Gasteiger partial charge in [0.05, 0.1) is 0 Å². The van der Waals surface area contributed by atoms with Crippen LogP contribution in [0, 0.1) is 0 Å². The van der Waals surface area contributed by atoms with E-state index in [0.29, 0.717) is 18.5 Å². The minimum atomic E-state index is -0.898. The molecule has 1 aromatic carbocycles. The third-order valence-corrected chi connectivity index (χ3v) is 4.73. The number of hydrogen-bond acceptors (Lipinski definition) is 5. The Kier molecular flexibility index (Phi) is 10.5. The molecule has 0 saturated carbocycles. The quantitative estimate of drug-likeness (QED) is 0.502. The molecular weight excluding hydrogens is 410 g/mol. The van der Waals surface area contributed by atoms with Crippen molar-refractivity contribution in [2.45, 2.75) is 91.5 Å². The monoisotopic (exact) mass is 449 g/mol. The van der Waals surface area contributed by atoms with Crippen molar-refractivity contribution in [3.63, 3.8) is 0 Å². The van der Waals surface area contributed by atoms with Crippen molar-refractivity contribution < 1.29 is 24.2 Å². The molecule has 0 saturated heterocycles. The van der Waals surface area contributed by atoms with Gasteiger partial charge >= 0.3 is 6.09 Å². The van der Waals surface area contributed by atoms with Crippen LogP contribution in [0.5, 0.6) is 5.75 Å². The number of phenolic OH excluding ortho intramolecular Hbond substituents is 1. The number of amides is 3. The summed E-state index contributed by atoms with van der Waals surface area (Å²) in [5.74, 6) is -0.627. The Morgan fingerprint density at radius 3 is 2.12 bits per heavy atom. The minimum Gasteiger partial charge on any atom is -0.508 e. The molecule has 3 unspecified atom stereocenters. The van der Waals surface area contributed by atoms with E-state index in [2.05, 4.69) is 10.6 Å². The standard InChI is InChI=1S/C24H39N3O5/c1-8-10-16(3)25-21(29)20(18-11-13-19(28)14-12-18)27(15-9-2)22(30)17(4)26-23(31)32-24(5,6)7/h11-14,16-17,20,28H,8-10,15H2,1-7H3,(H,25,29)(H,26,31). The van der Waals surface area contributed by atoms with E-state index < -0.39 is 29.7 Å². The van der Waals surface area contributed by atoms with Crippen LogP contribution in [0.15, 0.2) is 24.3 Å². The SMILES string of the molecule is CCCC(C)NC(=O)C(c1ccc(O)cc1)N(CCC)C(=O)C(C)NC(=O)OC(C)(C)C. The molecule has 0 radical (unpaired) electrons. The van der Waals surface area contributed by atoms with E-state index in [-0.39, 0.29) is 17.7 Å². The summed E-state index contributed by atoms with van der Waals surface area (Å²) in [6.07, 6.45) is 1.65. The summed E-state index contributed by atoms with van der Waals surface area (Å²) in [5.41, 5.74) is -0.116. The number of nitrogens with zero attached hydrogens (tertiary/aromatic N) is 1. The van der Waals surface area contributed by atoms with Crippen LogP contribution in [-0.2, 0) is 14.3 Å². The summed E-state index contributed by atoms with van der Waals surface area (Å²) < 4.78 is 5.26. The number of nitrogens with one attached hydrogen (secondary N) is 2. The second-order valence-electron chi connectivity index (χ2n) is 9.09. The van der Waals surface area contributed by atoms with Gasteiger partial charge in [-0.25, -0.2) is 4.79 Å². The second kappa shape index (κ2) is 12.3. The van der Waals surface area contributed by atoms with Crippen LogP contribution in [0.2, 0.25) is 0 Å². The number of ether oxygens (including phenoxy) is 1. The zero-order valence-electron chi connectivity index (χ0n) is 20.4. The lowest BCUT2D eigenvalue weighted by molar-refractivity contribution is -0.142. The number of rotatable bonds is 10. The molecule has 0 fully saturated rings. The van der Waals surface area contributed by atoms with Crippen molar-refractivity contribution in [2.24, 2.45) is 0 Å². The molecule has 0 aliphatic rings. The normalized spacial score (nSPS) is 14.1. The fourth-order valence-electron chi connectivity index (χ4n) is 3.36. The van der Waals surface area contributed by atoms with Crippen molar-refractivity contribution in [2.75, 3.05) is 6.54 Å². The van der Waals surface area contributed by atoms with Crippen molar-refractivity contribution in [3.05, 3.63) is 29.8 Å². The Morgan fingerprint density at radius 2 is 1.62 bits per heavy atom. The minimum absolute atomic E-state index is 0.0528. The first-order chi connectivity index (χ1) is 14.9. The predicted octanol–water partition coefficient (Wildman–Crippen LogP) is 3.89. The maximum absolute atomic E-state index is 13.4. The largest absolute Gasteiger partial charge is 0.508 e. The summed E-state index contributed by atoms with van der Waals surface area (Å²) in [7, 11) is 0. The molecule has 8 heteroatoms. The molecule has 3 N–H and O–H groups in total. The summed E-state index contributed by atoms with van der Waals surface area (Å²) in [6.45, 7) is 13.0. The van der Waals surface area contributed by atoms with Gasteiger partial charge in [0, 0.05) is 12.6 Å². The molecule has 3 atom stereocenters. The van der Waals surface area contributed by atoms with E-state index in [0.717, 1.165) is 12.8 Å². The third-order valence-electron chi connectivity index (χ3n) is 4.73. The maximum Gasteiger partial charge on any atom is 0.408 e. The van der Waals surface area contributed by atoms with Gasteiger partial charge in [-0.3, -0.25) is 9.59 Å². The smallest absolute Gasteiger partial charge is 0.408 e. The Bertz CT molecular complexity index is 758. The van der Waals surface area contributed by atoms with Gasteiger partial charge in [0.25, 0.3) is 0 Å². The Balaban J connectivity index is 3.21. The van der Waals surface area contributed by atoms with Crippen LogP contribution in [0.4, 0.5) is 4.79 Å². The van der Waals surface area contributed by atoms with Gasteiger partial charge in [-0.1, -0.05) is 32.4 Å². The Labute approximate surface area is 191 Å². The number of hydrogen-bond donors (Lipinski definition) is 3. The van der Waals surface area contributed by atoms with Crippen molar-refractivity contribution >= 4 is 17.9 Å². The van der Waals surface area contributed by atoms with Crippen molar-refractivity contribution in [1.82, 2.24) is 15.5 Å². The highest BCUT2D eigenvalue weighted by atomic mass is 16.6. The highest BCUT2D eigenvalue weighted by Crippen LogP contribution is 2.25. The lowest BCUT2D eigenvalue weighted by atomic mass is 10.0. The highest BCUT2D eigenvalue weighted by molar-refractivity contribution is 5.92. The average Bonchev–Trinajstić information content (AvgIpc) is 2.67. The van der Waals surface area contributed by atoms with Gasteiger partial charge in [-0.05, 0) is 65.2 Å². The number of phenols is 1. The molecule has 0 spiro atoms. The number of aromatic hydroxyl groups is 1. The topological polar surface area (TPSA) is 108 Å². The lowest BCUT2D eigenvalue weighted by Gasteiger charge is -2.34. The van der Waals surface area contributed by atoms with Crippen molar-refractivity contribution in [1.29, 1.82) is 0 Å². The van der Waals surface area contributed by atoms with E-state index in [4.69, 9.17) is 4.74 Å². The molecule has 0 aromatic heterocycles. The second-order valence-corrected chi connectivity index (χ2v) is 9.09. The fraction of sp³-hybridized carbons (Fsp3) is 0.625. The zero-order valence-corrected chi connectivity index (χ0v) is 20.4. The molecule has 32 heavy (non-hydrogen) atoms. The number of benzene rings is 1. The molecule has 0 bridgehead atoms. The molecule has 3 amide bonds. The summed E-state index contributed by atoms with van der Waals surface area (Å²) in [4.78, 5) is 40.3. The van der Waals surface area contributed by atoms with Crippen LogP contribution in [0.25, 0.3) is 0 Å². The molecule has 8 nitrogen and oxygen atoms in total. The van der Waals surface area contributed by atoms with E-state index >= 15 is 0 Å². The van der Waals surface area contributed by atoms with Gasteiger partial charge < -0.3 is 25.4 Å². The zero-order chi connectivity index (χ0) is 24.5. The van der Waals surface area contributed by atoms with Crippen LogP contribution in [-0.4, -0.2) is 52.1 Å². The first kappa shape index (κ1) is 27.3. The Hall–Kier alpha value is -2.77. The van der Waals surface area contributed by atoms with Gasteiger partial charge in [-0.15, -0.1) is 0 Å². The van der Waals surface area contributed by atoms with Gasteiger partial charge in [0.2, 0.25) is 11.8 Å². The van der Waals surface area contributed by atoms with E-state index in [1.54, 1.807) is 39.8 Å². The molecule has 0 heterocycles. The van der Waals surface area contributed by atoms with E-state index in [1.807, 2.05) is 20.8 Å². The predicted molar refractivity (Wildman–Crippen MR) is 124 cm³/mol. The molecule has 1 aromatic rings. The highest BCUT2D eigenvalue weighted by Gasteiger charge is 2.34. The van der Waals surface area contributed by atoms with Gasteiger partial charge in [0.1, 0.15) is 23.4 Å². The van der Waals surface area contributed by atoms with E-state index in [1.165, 1.54) is 17.0 Å². The average molecular weight is 450 g/mol. The van der Waals surface area contributed by atoms with Crippen LogP contribution >= 0.6 is 0 Å². The van der Waals surface area contributed by atoms with Crippen LogP contribution in [0.3, 0.4) is 0 Å². The molecule has 180 valence electrons. The maximum atomic E-state index is 13.4. The fourth-order valence-corrected chi connectivity index (χ4v) is 3.36. The van der Waals surface area contributed by atoms with Crippen LogP contribution in [0.1, 0.15) is 79.3 Å². The number of carbonyl (C=O) groups is 3. The summed E-state index contributed by atoms with van der Waals surface area (Å²) in [6, 6.07) is 4.40. The van der Waals surface area contributed by atoms with Crippen LogP contribution < -0.4 is 10.6 Å². The molecular formula is C24H39N3O5.